The number of aromatic hydroxyl groups is 1. The minimum atomic E-state index is 0.342. The van der Waals surface area contributed by atoms with Gasteiger partial charge in [-0.25, -0.2) is 0 Å². The predicted molar refractivity (Wildman–Crippen MR) is 72.3 cm³/mol. The fourth-order valence-corrected chi connectivity index (χ4v) is 1.88. The Bertz CT molecular complexity index is 286. The molecule has 0 aliphatic rings. The number of phenolic OH excluding ortho intramolecular Hbond substituents is 1. The van der Waals surface area contributed by atoms with Gasteiger partial charge in [0.25, 0.3) is 0 Å². The van der Waals surface area contributed by atoms with E-state index >= 15 is 0 Å². The van der Waals surface area contributed by atoms with Crippen molar-refractivity contribution in [3.63, 3.8) is 0 Å². The molecule has 0 amide bonds. The Balaban J connectivity index is 2.20. The molecule has 1 unspecified atom stereocenters. The molecule has 1 aromatic rings. The van der Waals surface area contributed by atoms with Crippen LogP contribution >= 0.6 is 11.8 Å². The number of aryl methyl sites for hydroxylation is 1. The lowest BCUT2D eigenvalue weighted by molar-refractivity contribution is 0.475. The number of hydrogen-bond acceptors (Lipinski definition) is 3. The second kappa shape index (κ2) is 7.58. The Hall–Kier alpha value is -0.670. The van der Waals surface area contributed by atoms with Crippen molar-refractivity contribution in [3.05, 3.63) is 29.8 Å². The van der Waals surface area contributed by atoms with Gasteiger partial charge in [0.1, 0.15) is 5.75 Å². The van der Waals surface area contributed by atoms with Crippen molar-refractivity contribution in [3.8, 4) is 5.75 Å². The first-order valence-electron chi connectivity index (χ1n) is 5.72. The molecule has 3 heteroatoms. The minimum absolute atomic E-state index is 0.342. The molecule has 0 aromatic heterocycles. The minimum Gasteiger partial charge on any atom is -0.508 e. The number of thioether (sulfide) groups is 1. The largest absolute Gasteiger partial charge is 0.508 e. The molecule has 90 valence electrons. The Morgan fingerprint density at radius 3 is 2.62 bits per heavy atom. The molecule has 0 spiro atoms. The average molecular weight is 239 g/mol. The maximum absolute atomic E-state index is 9.16. The van der Waals surface area contributed by atoms with Gasteiger partial charge in [0.2, 0.25) is 0 Å². The first-order valence-corrected chi connectivity index (χ1v) is 7.12. The lowest BCUT2D eigenvalue weighted by atomic mass is 10.1. The van der Waals surface area contributed by atoms with E-state index in [4.69, 9.17) is 5.11 Å². The summed E-state index contributed by atoms with van der Waals surface area (Å²) >= 11 is 1.87. The zero-order valence-electron chi connectivity index (χ0n) is 10.1. The maximum Gasteiger partial charge on any atom is 0.115 e. The van der Waals surface area contributed by atoms with Crippen molar-refractivity contribution in [1.29, 1.82) is 0 Å². The van der Waals surface area contributed by atoms with E-state index < -0.39 is 0 Å². The topological polar surface area (TPSA) is 32.3 Å². The van der Waals surface area contributed by atoms with Gasteiger partial charge in [0, 0.05) is 18.3 Å². The summed E-state index contributed by atoms with van der Waals surface area (Å²) in [6.45, 7) is 3.30. The van der Waals surface area contributed by atoms with Crippen LogP contribution in [0.1, 0.15) is 18.9 Å². The molecule has 0 saturated carbocycles. The third-order valence-electron chi connectivity index (χ3n) is 2.60. The van der Waals surface area contributed by atoms with Crippen LogP contribution in [0.2, 0.25) is 0 Å². The molecule has 2 nitrogen and oxygen atoms in total. The van der Waals surface area contributed by atoms with Gasteiger partial charge in [0.15, 0.2) is 0 Å². The highest BCUT2D eigenvalue weighted by Gasteiger charge is 2.01. The van der Waals surface area contributed by atoms with Crippen LogP contribution in [0.5, 0.6) is 5.75 Å². The van der Waals surface area contributed by atoms with Crippen molar-refractivity contribution in [2.45, 2.75) is 25.8 Å². The number of rotatable bonds is 7. The van der Waals surface area contributed by atoms with E-state index in [1.807, 2.05) is 23.9 Å². The van der Waals surface area contributed by atoms with E-state index in [9.17, 15) is 0 Å². The standard InChI is InChI=1S/C13H21NOS/c1-11(14-9-10-16-2)3-4-12-5-7-13(15)8-6-12/h5-8,11,14-15H,3-4,9-10H2,1-2H3. The lowest BCUT2D eigenvalue weighted by Crippen LogP contribution is -2.28. The predicted octanol–water partition coefficient (Wildman–Crippen LogP) is 2.67. The van der Waals surface area contributed by atoms with Gasteiger partial charge in [-0.3, -0.25) is 0 Å². The first kappa shape index (κ1) is 13.4. The summed E-state index contributed by atoms with van der Waals surface area (Å²) in [5, 5.41) is 12.7. The summed E-state index contributed by atoms with van der Waals surface area (Å²) in [6.07, 6.45) is 4.33. The summed E-state index contributed by atoms with van der Waals surface area (Å²) in [6, 6.07) is 8.04. The molecular formula is C13H21NOS. The van der Waals surface area contributed by atoms with Gasteiger partial charge in [-0.1, -0.05) is 12.1 Å². The molecule has 1 rings (SSSR count). The van der Waals surface area contributed by atoms with Crippen LogP contribution in [0.4, 0.5) is 0 Å². The summed E-state index contributed by atoms with van der Waals surface area (Å²) in [4.78, 5) is 0. The molecule has 2 N–H and O–H groups in total. The van der Waals surface area contributed by atoms with Crippen LogP contribution in [0, 0.1) is 0 Å². The molecule has 0 heterocycles. The quantitative estimate of drug-likeness (QED) is 0.718. The fourth-order valence-electron chi connectivity index (χ4n) is 1.56. The molecule has 0 aliphatic heterocycles. The van der Waals surface area contributed by atoms with Crippen molar-refractivity contribution in [2.75, 3.05) is 18.6 Å². The summed E-state index contributed by atoms with van der Waals surface area (Å²) in [5.41, 5.74) is 1.29. The highest BCUT2D eigenvalue weighted by atomic mass is 32.2. The number of benzene rings is 1. The van der Waals surface area contributed by atoms with Crippen LogP contribution < -0.4 is 5.32 Å². The molecular weight excluding hydrogens is 218 g/mol. The van der Waals surface area contributed by atoms with Crippen LogP contribution in [-0.2, 0) is 6.42 Å². The average Bonchev–Trinajstić information content (AvgIpc) is 2.29. The van der Waals surface area contributed by atoms with Crippen LogP contribution in [0.3, 0.4) is 0 Å². The fraction of sp³-hybridized carbons (Fsp3) is 0.538. The Morgan fingerprint density at radius 1 is 1.31 bits per heavy atom. The second-order valence-corrected chi connectivity index (χ2v) is 5.04. The third kappa shape index (κ3) is 5.42. The van der Waals surface area contributed by atoms with Crippen LogP contribution in [-0.4, -0.2) is 29.7 Å². The zero-order valence-corrected chi connectivity index (χ0v) is 10.9. The molecule has 16 heavy (non-hydrogen) atoms. The Kier molecular flexibility index (Phi) is 6.34. The van der Waals surface area contributed by atoms with Crippen molar-refractivity contribution < 1.29 is 5.11 Å². The number of hydrogen-bond donors (Lipinski definition) is 2. The summed E-state index contributed by atoms with van der Waals surface area (Å²) in [5.74, 6) is 1.51. The highest BCUT2D eigenvalue weighted by molar-refractivity contribution is 7.98. The van der Waals surface area contributed by atoms with E-state index in [2.05, 4.69) is 18.5 Å². The third-order valence-corrected chi connectivity index (χ3v) is 3.21. The smallest absolute Gasteiger partial charge is 0.115 e. The van der Waals surface area contributed by atoms with Crippen LogP contribution in [0.25, 0.3) is 0 Å². The van der Waals surface area contributed by atoms with Gasteiger partial charge in [-0.15, -0.1) is 0 Å². The number of phenols is 1. The lowest BCUT2D eigenvalue weighted by Gasteiger charge is -2.13. The summed E-state index contributed by atoms with van der Waals surface area (Å²) in [7, 11) is 0. The molecule has 0 aliphatic carbocycles. The van der Waals surface area contributed by atoms with Crippen LogP contribution in [0.15, 0.2) is 24.3 Å². The SMILES string of the molecule is CSCCNC(C)CCc1ccc(O)cc1. The van der Waals surface area contributed by atoms with Gasteiger partial charge in [-0.05, 0) is 43.7 Å². The van der Waals surface area contributed by atoms with Gasteiger partial charge in [-0.2, -0.15) is 11.8 Å². The first-order chi connectivity index (χ1) is 7.72. The molecule has 0 saturated heterocycles. The number of nitrogens with one attached hydrogen (secondary N) is 1. The van der Waals surface area contributed by atoms with Gasteiger partial charge < -0.3 is 10.4 Å². The molecule has 0 bridgehead atoms. The molecule has 1 atom stereocenters. The zero-order chi connectivity index (χ0) is 11.8. The monoisotopic (exact) mass is 239 g/mol. The summed E-state index contributed by atoms with van der Waals surface area (Å²) < 4.78 is 0. The normalized spacial score (nSPS) is 12.6. The van der Waals surface area contributed by atoms with E-state index in [0.29, 0.717) is 11.8 Å². The van der Waals surface area contributed by atoms with Crippen molar-refractivity contribution in [2.24, 2.45) is 0 Å². The van der Waals surface area contributed by atoms with E-state index in [-0.39, 0.29) is 0 Å². The van der Waals surface area contributed by atoms with Gasteiger partial charge >= 0.3 is 0 Å². The molecule has 1 aromatic carbocycles. The van der Waals surface area contributed by atoms with Crippen molar-refractivity contribution in [1.82, 2.24) is 5.32 Å². The maximum atomic E-state index is 9.16. The Labute approximate surface area is 102 Å². The van der Waals surface area contributed by atoms with Gasteiger partial charge in [0.05, 0.1) is 0 Å². The molecule has 0 fully saturated rings. The molecule has 0 radical (unpaired) electrons. The van der Waals surface area contributed by atoms with Crippen molar-refractivity contribution >= 4 is 11.8 Å². The second-order valence-electron chi connectivity index (χ2n) is 4.05. The highest BCUT2D eigenvalue weighted by Crippen LogP contribution is 2.11. The van der Waals surface area contributed by atoms with E-state index in [1.54, 1.807) is 12.1 Å². The Morgan fingerprint density at radius 2 is 2.00 bits per heavy atom. The van der Waals surface area contributed by atoms with E-state index in [1.165, 1.54) is 11.3 Å². The van der Waals surface area contributed by atoms with E-state index in [0.717, 1.165) is 19.4 Å².